The molecule has 2 aromatic carbocycles. The maximum absolute atomic E-state index is 2.12. The second kappa shape index (κ2) is 16.4. The van der Waals surface area contributed by atoms with Crippen LogP contribution in [0.1, 0.15) is 91.9 Å². The third-order valence-corrected chi connectivity index (χ3v) is 5.85. The molecule has 2 fully saturated rings. The molecule has 0 aromatic heterocycles. The quantitative estimate of drug-likeness (QED) is 0.486. The number of benzene rings is 2. The average Bonchev–Trinajstić information content (AvgIpc) is 2.84. The lowest BCUT2D eigenvalue weighted by atomic mass is 9.73. The van der Waals surface area contributed by atoms with Crippen molar-refractivity contribution >= 4 is 0 Å². The maximum atomic E-state index is 2.12. The lowest BCUT2D eigenvalue weighted by molar-refractivity contribution is 0.196. The van der Waals surface area contributed by atoms with Gasteiger partial charge in [-0.1, -0.05) is 153 Å². The highest BCUT2D eigenvalue weighted by molar-refractivity contribution is 5.62. The van der Waals surface area contributed by atoms with Crippen LogP contribution in [0, 0.1) is 11.8 Å². The monoisotopic (exact) mass is 380 g/mol. The summed E-state index contributed by atoms with van der Waals surface area (Å²) in [6.45, 7) is 8.00. The van der Waals surface area contributed by atoms with Gasteiger partial charge in [-0.05, 0) is 23.0 Å². The molecule has 2 aliphatic carbocycles. The molecule has 0 amide bonds. The summed E-state index contributed by atoms with van der Waals surface area (Å²) in [5.41, 5.74) is 2.55. The smallest absolute Gasteiger partial charge is 0.0184 e. The van der Waals surface area contributed by atoms with Crippen molar-refractivity contribution in [1.82, 2.24) is 0 Å². The Bertz CT molecular complexity index is 492. The fourth-order valence-electron chi connectivity index (χ4n) is 4.47. The van der Waals surface area contributed by atoms with E-state index in [0.717, 1.165) is 11.8 Å². The Morgan fingerprint density at radius 3 is 1.00 bits per heavy atom. The molecule has 0 saturated heterocycles. The molecule has 0 aliphatic heterocycles. The summed E-state index contributed by atoms with van der Waals surface area (Å²) >= 11 is 0. The van der Waals surface area contributed by atoms with Crippen LogP contribution in [0.25, 0.3) is 11.1 Å². The summed E-state index contributed by atoms with van der Waals surface area (Å²) in [6, 6.07) is 20.8. The lowest BCUT2D eigenvalue weighted by Crippen LogP contribution is -2.20. The minimum atomic E-state index is 1.14. The van der Waals surface area contributed by atoms with Gasteiger partial charge in [0.1, 0.15) is 0 Å². The molecular formula is C28H44. The van der Waals surface area contributed by atoms with Crippen LogP contribution >= 0.6 is 0 Å². The standard InChI is InChI=1S/C12H22.C12H10.2C2H6/c2*1-3-7-11(8-4-1)12-9-5-2-6-10-12;2*1-2/h11-12H,1-10H2;1-10H;2*1-2H3. The second-order valence-electron chi connectivity index (χ2n) is 7.53. The van der Waals surface area contributed by atoms with Crippen LogP contribution in [0.3, 0.4) is 0 Å². The summed E-state index contributed by atoms with van der Waals surface area (Å²) < 4.78 is 0. The normalized spacial score (nSPS) is 17.0. The van der Waals surface area contributed by atoms with Crippen molar-refractivity contribution in [1.29, 1.82) is 0 Å². The molecule has 0 heterocycles. The molecule has 4 rings (SSSR count). The molecule has 2 aromatic rings. The van der Waals surface area contributed by atoms with Gasteiger partial charge in [-0.3, -0.25) is 0 Å². The van der Waals surface area contributed by atoms with Crippen molar-refractivity contribution in [3.8, 4) is 11.1 Å². The molecule has 28 heavy (non-hydrogen) atoms. The third-order valence-electron chi connectivity index (χ3n) is 5.85. The SMILES string of the molecule is C1CCC(C2CCCCC2)CC1.CC.CC.c1ccc(-c2ccccc2)cc1. The van der Waals surface area contributed by atoms with Gasteiger partial charge in [0.25, 0.3) is 0 Å². The second-order valence-corrected chi connectivity index (χ2v) is 7.53. The topological polar surface area (TPSA) is 0 Å². The molecule has 0 N–H and O–H groups in total. The molecule has 156 valence electrons. The van der Waals surface area contributed by atoms with Crippen LogP contribution in [-0.4, -0.2) is 0 Å². The Morgan fingerprint density at radius 1 is 0.429 bits per heavy atom. The van der Waals surface area contributed by atoms with E-state index in [1.807, 2.05) is 39.8 Å². The Morgan fingerprint density at radius 2 is 0.714 bits per heavy atom. The summed E-state index contributed by atoms with van der Waals surface area (Å²) in [6.07, 6.45) is 15.4. The first-order valence-electron chi connectivity index (χ1n) is 12.0. The lowest BCUT2D eigenvalue weighted by Gasteiger charge is -2.32. The first kappa shape index (κ1) is 24.5. The van der Waals surface area contributed by atoms with Gasteiger partial charge in [-0.25, -0.2) is 0 Å². The molecule has 0 atom stereocenters. The molecule has 0 heteroatoms. The van der Waals surface area contributed by atoms with Gasteiger partial charge in [-0.2, -0.15) is 0 Å². The Labute approximate surface area is 175 Å². The van der Waals surface area contributed by atoms with Crippen LogP contribution in [0.4, 0.5) is 0 Å². The molecule has 2 aliphatic rings. The highest BCUT2D eigenvalue weighted by Crippen LogP contribution is 2.37. The van der Waals surface area contributed by atoms with Gasteiger partial charge in [0, 0.05) is 0 Å². The van der Waals surface area contributed by atoms with Gasteiger partial charge in [0.15, 0.2) is 0 Å². The van der Waals surface area contributed by atoms with Gasteiger partial charge in [0.05, 0.1) is 0 Å². The number of hydrogen-bond donors (Lipinski definition) is 0. The van der Waals surface area contributed by atoms with Crippen molar-refractivity contribution in [2.24, 2.45) is 11.8 Å². The molecule has 0 bridgehead atoms. The zero-order chi connectivity index (χ0) is 20.5. The van der Waals surface area contributed by atoms with Gasteiger partial charge >= 0.3 is 0 Å². The summed E-state index contributed by atoms with van der Waals surface area (Å²) in [5, 5.41) is 0. The van der Waals surface area contributed by atoms with E-state index in [-0.39, 0.29) is 0 Å². The summed E-state index contributed by atoms with van der Waals surface area (Å²) in [7, 11) is 0. The van der Waals surface area contributed by atoms with Crippen molar-refractivity contribution < 1.29 is 0 Å². The zero-order valence-electron chi connectivity index (χ0n) is 19.0. The highest BCUT2D eigenvalue weighted by atomic mass is 14.3. The van der Waals surface area contributed by atoms with Gasteiger partial charge in [-0.15, -0.1) is 0 Å². The summed E-state index contributed by atoms with van der Waals surface area (Å²) in [4.78, 5) is 0. The van der Waals surface area contributed by atoms with Crippen molar-refractivity contribution in [3.05, 3.63) is 60.7 Å². The minimum Gasteiger partial charge on any atom is -0.0683 e. The van der Waals surface area contributed by atoms with Crippen molar-refractivity contribution in [2.45, 2.75) is 91.9 Å². The average molecular weight is 381 g/mol. The summed E-state index contributed by atoms with van der Waals surface area (Å²) in [5.74, 6) is 2.28. The predicted octanol–water partition coefficient (Wildman–Crippen LogP) is 9.55. The van der Waals surface area contributed by atoms with E-state index >= 15 is 0 Å². The third kappa shape index (κ3) is 9.09. The Kier molecular flexibility index (Phi) is 14.3. The van der Waals surface area contributed by atoms with Crippen molar-refractivity contribution in [2.75, 3.05) is 0 Å². The molecular weight excluding hydrogens is 336 g/mol. The highest BCUT2D eigenvalue weighted by Gasteiger charge is 2.24. The van der Waals surface area contributed by atoms with Crippen molar-refractivity contribution in [3.63, 3.8) is 0 Å². The van der Waals surface area contributed by atoms with Crippen LogP contribution in [-0.2, 0) is 0 Å². The molecule has 0 nitrogen and oxygen atoms in total. The van der Waals surface area contributed by atoms with Gasteiger partial charge in [0.2, 0.25) is 0 Å². The minimum absolute atomic E-state index is 1.14. The number of hydrogen-bond acceptors (Lipinski definition) is 0. The van der Waals surface area contributed by atoms with Crippen LogP contribution in [0.5, 0.6) is 0 Å². The Balaban J connectivity index is 0.000000238. The van der Waals surface area contributed by atoms with Crippen LogP contribution < -0.4 is 0 Å². The predicted molar refractivity (Wildman–Crippen MR) is 128 cm³/mol. The van der Waals surface area contributed by atoms with E-state index in [2.05, 4.69) is 48.5 Å². The van der Waals surface area contributed by atoms with E-state index in [9.17, 15) is 0 Å². The fraction of sp³-hybridized carbons (Fsp3) is 0.571. The van der Waals surface area contributed by atoms with Gasteiger partial charge < -0.3 is 0 Å². The van der Waals surface area contributed by atoms with E-state index < -0.39 is 0 Å². The van der Waals surface area contributed by atoms with E-state index in [1.54, 1.807) is 25.7 Å². The van der Waals surface area contributed by atoms with E-state index in [0.29, 0.717) is 0 Å². The van der Waals surface area contributed by atoms with Crippen LogP contribution in [0.15, 0.2) is 60.7 Å². The zero-order valence-corrected chi connectivity index (χ0v) is 19.0. The first-order chi connectivity index (χ1) is 13.9. The molecule has 0 unspecified atom stereocenters. The Hall–Kier alpha value is -1.56. The molecule has 0 spiro atoms. The maximum Gasteiger partial charge on any atom is -0.0184 e. The molecule has 2 saturated carbocycles. The first-order valence-corrected chi connectivity index (χ1v) is 12.0. The fourth-order valence-corrected chi connectivity index (χ4v) is 4.47. The van der Waals surface area contributed by atoms with E-state index in [1.165, 1.54) is 49.7 Å². The molecule has 0 radical (unpaired) electrons. The number of rotatable bonds is 2. The van der Waals surface area contributed by atoms with E-state index in [4.69, 9.17) is 0 Å². The van der Waals surface area contributed by atoms with Crippen LogP contribution in [0.2, 0.25) is 0 Å². The largest absolute Gasteiger partial charge is 0.0683 e.